The molecule has 1 aromatic carbocycles. The van der Waals surface area contributed by atoms with E-state index in [0.717, 1.165) is 5.56 Å². The van der Waals surface area contributed by atoms with Crippen molar-refractivity contribution in [1.82, 2.24) is 5.32 Å². The third kappa shape index (κ3) is 4.64. The summed E-state index contributed by atoms with van der Waals surface area (Å²) in [5.74, 6) is -3.20. The highest BCUT2D eigenvalue weighted by atomic mass is 35.5. The predicted molar refractivity (Wildman–Crippen MR) is 82.4 cm³/mol. The summed E-state index contributed by atoms with van der Waals surface area (Å²) in [7, 11) is 0. The van der Waals surface area contributed by atoms with Gasteiger partial charge in [-0.3, -0.25) is 10.1 Å². The highest BCUT2D eigenvalue weighted by molar-refractivity contribution is 5.95. The second kappa shape index (κ2) is 6.28. The predicted octanol–water partition coefficient (Wildman–Crippen LogP) is 3.34. The van der Waals surface area contributed by atoms with E-state index in [0.29, 0.717) is 5.69 Å². The summed E-state index contributed by atoms with van der Waals surface area (Å²) in [6.45, 7) is 5.87. The molecule has 1 aliphatic heterocycles. The molecule has 1 fully saturated rings. The minimum atomic E-state index is -2.79. The van der Waals surface area contributed by atoms with Crippen LogP contribution in [0.15, 0.2) is 24.3 Å². The lowest BCUT2D eigenvalue weighted by Gasteiger charge is -2.19. The van der Waals surface area contributed by atoms with Crippen LogP contribution in [0.5, 0.6) is 0 Å². The van der Waals surface area contributed by atoms with Gasteiger partial charge in [-0.05, 0) is 23.1 Å². The van der Waals surface area contributed by atoms with Gasteiger partial charge in [-0.25, -0.2) is 8.78 Å². The minimum Gasteiger partial charge on any atom is -0.325 e. The Morgan fingerprint density at radius 2 is 1.86 bits per heavy atom. The molecule has 0 aliphatic carbocycles. The van der Waals surface area contributed by atoms with Gasteiger partial charge in [0.1, 0.15) is 0 Å². The van der Waals surface area contributed by atoms with Crippen molar-refractivity contribution in [2.45, 2.75) is 44.6 Å². The van der Waals surface area contributed by atoms with Crippen LogP contribution in [-0.4, -0.2) is 24.4 Å². The van der Waals surface area contributed by atoms with Gasteiger partial charge in [0.2, 0.25) is 5.91 Å². The second-order valence-electron chi connectivity index (χ2n) is 6.31. The highest BCUT2D eigenvalue weighted by Gasteiger charge is 2.42. The molecule has 1 aromatic rings. The molecule has 2 rings (SSSR count). The van der Waals surface area contributed by atoms with Gasteiger partial charge in [-0.2, -0.15) is 0 Å². The Morgan fingerprint density at radius 1 is 1.29 bits per heavy atom. The number of hydrogen-bond acceptors (Lipinski definition) is 2. The third-order valence-electron chi connectivity index (χ3n) is 3.44. The Hall–Kier alpha value is -1.20. The van der Waals surface area contributed by atoms with E-state index in [2.05, 4.69) is 31.4 Å². The van der Waals surface area contributed by atoms with Crippen molar-refractivity contribution in [2.24, 2.45) is 0 Å². The molecule has 0 bridgehead atoms. The van der Waals surface area contributed by atoms with Crippen molar-refractivity contribution in [2.75, 3.05) is 11.9 Å². The van der Waals surface area contributed by atoms with Crippen molar-refractivity contribution >= 4 is 24.0 Å². The number of benzene rings is 1. The molecule has 1 saturated heterocycles. The lowest BCUT2D eigenvalue weighted by molar-refractivity contribution is -0.118. The summed E-state index contributed by atoms with van der Waals surface area (Å²) in [6, 6.07) is 6.64. The molecule has 1 atom stereocenters. The number of carbonyl (C=O) groups is 1. The third-order valence-corrected chi connectivity index (χ3v) is 3.44. The number of hydrogen-bond donors (Lipinski definition) is 2. The number of alkyl halides is 2. The lowest BCUT2D eigenvalue weighted by Crippen LogP contribution is -2.35. The van der Waals surface area contributed by atoms with Crippen LogP contribution >= 0.6 is 12.4 Å². The van der Waals surface area contributed by atoms with Crippen molar-refractivity contribution in [3.05, 3.63) is 29.8 Å². The molecule has 0 spiro atoms. The molecule has 3 nitrogen and oxygen atoms in total. The van der Waals surface area contributed by atoms with Crippen molar-refractivity contribution in [3.8, 4) is 0 Å². The zero-order valence-corrected chi connectivity index (χ0v) is 13.2. The number of amides is 1. The van der Waals surface area contributed by atoms with Gasteiger partial charge in [0.05, 0.1) is 12.6 Å². The van der Waals surface area contributed by atoms with Crippen LogP contribution in [0.3, 0.4) is 0 Å². The number of nitrogens with one attached hydrogen (secondary N) is 2. The van der Waals surface area contributed by atoms with Crippen LogP contribution in [-0.2, 0) is 10.2 Å². The molecule has 1 amide bonds. The lowest BCUT2D eigenvalue weighted by atomic mass is 9.87. The first-order valence-electron chi connectivity index (χ1n) is 6.70. The fourth-order valence-corrected chi connectivity index (χ4v) is 2.18. The van der Waals surface area contributed by atoms with E-state index >= 15 is 0 Å². The molecule has 1 heterocycles. The molecule has 0 aromatic heterocycles. The Balaban J connectivity index is 0.00000220. The summed E-state index contributed by atoms with van der Waals surface area (Å²) >= 11 is 0. The average Bonchev–Trinajstić information content (AvgIpc) is 2.69. The van der Waals surface area contributed by atoms with Gasteiger partial charge < -0.3 is 5.32 Å². The van der Waals surface area contributed by atoms with E-state index < -0.39 is 30.8 Å². The van der Waals surface area contributed by atoms with Gasteiger partial charge in [-0.1, -0.05) is 32.9 Å². The Bertz CT molecular complexity index is 497. The first-order valence-corrected chi connectivity index (χ1v) is 6.70. The van der Waals surface area contributed by atoms with Crippen LogP contribution in [0.4, 0.5) is 14.5 Å². The maximum Gasteiger partial charge on any atom is 0.262 e. The quantitative estimate of drug-likeness (QED) is 0.878. The summed E-state index contributed by atoms with van der Waals surface area (Å²) in [5, 5.41) is 5.21. The molecule has 21 heavy (non-hydrogen) atoms. The topological polar surface area (TPSA) is 41.1 Å². The monoisotopic (exact) mass is 318 g/mol. The van der Waals surface area contributed by atoms with E-state index in [-0.39, 0.29) is 17.8 Å². The van der Waals surface area contributed by atoms with E-state index in [1.54, 1.807) is 12.1 Å². The van der Waals surface area contributed by atoms with E-state index in [9.17, 15) is 13.6 Å². The van der Waals surface area contributed by atoms with Crippen LogP contribution < -0.4 is 10.6 Å². The zero-order chi connectivity index (χ0) is 15.0. The maximum absolute atomic E-state index is 13.0. The summed E-state index contributed by atoms with van der Waals surface area (Å²) in [4.78, 5) is 11.9. The first kappa shape index (κ1) is 17.9. The van der Waals surface area contributed by atoms with Gasteiger partial charge in [-0.15, -0.1) is 12.4 Å². The fraction of sp³-hybridized carbons (Fsp3) is 0.533. The first-order chi connectivity index (χ1) is 9.17. The van der Waals surface area contributed by atoms with Crippen LogP contribution in [0.2, 0.25) is 0 Å². The molecular weight excluding hydrogens is 298 g/mol. The fourth-order valence-electron chi connectivity index (χ4n) is 2.18. The molecular formula is C15H21ClF2N2O. The molecule has 0 saturated carbocycles. The largest absolute Gasteiger partial charge is 0.325 e. The van der Waals surface area contributed by atoms with Crippen molar-refractivity contribution < 1.29 is 13.6 Å². The minimum absolute atomic E-state index is 0. The van der Waals surface area contributed by atoms with E-state index in [1.807, 2.05) is 12.1 Å². The summed E-state index contributed by atoms with van der Waals surface area (Å²) < 4.78 is 26.1. The van der Waals surface area contributed by atoms with E-state index in [1.165, 1.54) is 0 Å². The zero-order valence-electron chi connectivity index (χ0n) is 12.4. The van der Waals surface area contributed by atoms with Crippen LogP contribution in [0.1, 0.15) is 32.8 Å². The molecule has 1 aliphatic rings. The smallest absolute Gasteiger partial charge is 0.262 e. The molecule has 0 radical (unpaired) electrons. The van der Waals surface area contributed by atoms with Crippen LogP contribution in [0, 0.1) is 0 Å². The van der Waals surface area contributed by atoms with Crippen molar-refractivity contribution in [1.29, 1.82) is 0 Å². The SMILES string of the molecule is CC(C)(C)c1ccc(NC(=O)C2CC(F)(F)CN2)cc1.Cl. The number of rotatable bonds is 2. The molecule has 2 N–H and O–H groups in total. The summed E-state index contributed by atoms with van der Waals surface area (Å²) in [6.07, 6.45) is -0.446. The Morgan fingerprint density at radius 3 is 2.29 bits per heavy atom. The van der Waals surface area contributed by atoms with Crippen molar-refractivity contribution in [3.63, 3.8) is 0 Å². The number of carbonyl (C=O) groups excluding carboxylic acids is 1. The summed E-state index contributed by atoms with van der Waals surface area (Å²) in [5.41, 5.74) is 1.82. The van der Waals surface area contributed by atoms with E-state index in [4.69, 9.17) is 0 Å². The molecule has 118 valence electrons. The van der Waals surface area contributed by atoms with Gasteiger partial charge >= 0.3 is 0 Å². The van der Waals surface area contributed by atoms with Gasteiger partial charge in [0, 0.05) is 12.1 Å². The second-order valence-corrected chi connectivity index (χ2v) is 6.31. The Kier molecular flexibility index (Phi) is 5.34. The van der Waals surface area contributed by atoms with Gasteiger partial charge in [0.15, 0.2) is 0 Å². The molecule has 1 unspecified atom stereocenters. The number of anilines is 1. The van der Waals surface area contributed by atoms with Crippen LogP contribution in [0.25, 0.3) is 0 Å². The standard InChI is InChI=1S/C15H20F2N2O.ClH/c1-14(2,3)10-4-6-11(7-5-10)19-13(20)12-8-15(16,17)9-18-12;/h4-7,12,18H,8-9H2,1-3H3,(H,19,20);1H. The normalized spacial score (nSPS) is 20.7. The molecule has 6 heteroatoms. The Labute approximate surface area is 129 Å². The maximum atomic E-state index is 13.0. The highest BCUT2D eigenvalue weighted by Crippen LogP contribution is 2.26. The number of halogens is 3. The average molecular weight is 319 g/mol. The van der Waals surface area contributed by atoms with Gasteiger partial charge in [0.25, 0.3) is 5.92 Å².